The Hall–Kier alpha value is -0.210. The van der Waals surface area contributed by atoms with E-state index in [1.54, 1.807) is 0 Å². The Bertz CT molecular complexity index is 233. The lowest BCUT2D eigenvalue weighted by Crippen LogP contribution is -2.67. The molecule has 1 aliphatic heterocycles. The van der Waals surface area contributed by atoms with Gasteiger partial charge in [0.2, 0.25) is 0 Å². The summed E-state index contributed by atoms with van der Waals surface area (Å²) in [5.41, 5.74) is 4.99. The molecule has 0 bridgehead atoms. The van der Waals surface area contributed by atoms with Gasteiger partial charge in [0.25, 0.3) is 0 Å². The van der Waals surface area contributed by atoms with Gasteiger partial charge in [0.05, 0.1) is 0 Å². The first-order valence-electron chi connectivity index (χ1n) is 2.60. The summed E-state index contributed by atoms with van der Waals surface area (Å²) in [6.45, 7) is 0.0613. The van der Waals surface area contributed by atoms with Crippen molar-refractivity contribution in [3.05, 3.63) is 0 Å². The fraction of sp³-hybridized carbons (Fsp3) is 1.00. The maximum Gasteiger partial charge on any atom is 0.339 e. The highest BCUT2D eigenvalue weighted by molar-refractivity contribution is 7.83. The largest absolute Gasteiger partial charge is 0.362 e. The molecule has 1 fully saturated rings. The van der Waals surface area contributed by atoms with Crippen LogP contribution in [0.3, 0.4) is 0 Å². The number of aliphatic hydroxyl groups is 1. The maximum absolute atomic E-state index is 10.3. The normalized spacial score (nSPS) is 35.5. The summed E-state index contributed by atoms with van der Waals surface area (Å²) >= 11 is 0. The van der Waals surface area contributed by atoms with E-state index in [4.69, 9.17) is 15.4 Å². The maximum atomic E-state index is 10.3. The van der Waals surface area contributed by atoms with Gasteiger partial charge in [0.1, 0.15) is 0 Å². The molecule has 6 nitrogen and oxygen atoms in total. The Kier molecular flexibility index (Phi) is 1.49. The van der Waals surface area contributed by atoms with E-state index in [9.17, 15) is 8.42 Å². The summed E-state index contributed by atoms with van der Waals surface area (Å²) in [6, 6.07) is 0. The fourth-order valence-electron chi connectivity index (χ4n) is 0.747. The van der Waals surface area contributed by atoms with Crippen molar-refractivity contribution in [2.45, 2.75) is 12.3 Å². The standard InChI is InChI=1S/C3H8N2O4S/c4-3(6)1-2-5(3)10(7,8)9/h6H,1-2,4H2,(H,7,8,9)/t3-/m1/s1. The number of hydrogen-bond donors (Lipinski definition) is 3. The van der Waals surface area contributed by atoms with Crippen LogP contribution in [0.25, 0.3) is 0 Å². The third-order valence-corrected chi connectivity index (χ3v) is 2.45. The van der Waals surface area contributed by atoms with Crippen molar-refractivity contribution in [1.82, 2.24) is 4.31 Å². The van der Waals surface area contributed by atoms with Crippen LogP contribution in [0.1, 0.15) is 6.42 Å². The molecular weight excluding hydrogens is 160 g/mol. The Morgan fingerprint density at radius 1 is 1.60 bits per heavy atom. The molecule has 0 aromatic carbocycles. The molecule has 0 amide bonds. The second-order valence-corrected chi connectivity index (χ2v) is 3.51. The van der Waals surface area contributed by atoms with Gasteiger partial charge in [-0.1, -0.05) is 0 Å². The average molecular weight is 168 g/mol. The molecule has 60 valence electrons. The van der Waals surface area contributed by atoms with Crippen LogP contribution in [0.15, 0.2) is 0 Å². The molecule has 0 aromatic heterocycles. The summed E-state index contributed by atoms with van der Waals surface area (Å²) < 4.78 is 29.3. The Balaban J connectivity index is 2.80. The predicted molar refractivity (Wildman–Crippen MR) is 32.0 cm³/mol. The smallest absolute Gasteiger partial charge is 0.339 e. The van der Waals surface area contributed by atoms with E-state index in [-0.39, 0.29) is 13.0 Å². The second kappa shape index (κ2) is 1.89. The Morgan fingerprint density at radius 2 is 2.10 bits per heavy atom. The molecule has 0 saturated carbocycles. The molecule has 0 unspecified atom stereocenters. The second-order valence-electron chi connectivity index (χ2n) is 2.18. The molecule has 0 spiro atoms. The van der Waals surface area contributed by atoms with Crippen molar-refractivity contribution < 1.29 is 18.1 Å². The van der Waals surface area contributed by atoms with Crippen LogP contribution in [0.2, 0.25) is 0 Å². The van der Waals surface area contributed by atoms with E-state index in [1.807, 2.05) is 0 Å². The predicted octanol–water partition coefficient (Wildman–Crippen LogP) is -1.90. The van der Waals surface area contributed by atoms with E-state index < -0.39 is 16.2 Å². The first-order chi connectivity index (χ1) is 4.34. The van der Waals surface area contributed by atoms with Crippen molar-refractivity contribution in [1.29, 1.82) is 0 Å². The molecular formula is C3H8N2O4S. The van der Waals surface area contributed by atoms with Gasteiger partial charge in [-0.25, -0.2) is 0 Å². The topological polar surface area (TPSA) is 104 Å². The lowest BCUT2D eigenvalue weighted by molar-refractivity contribution is -0.129. The van der Waals surface area contributed by atoms with Crippen LogP contribution in [0, 0.1) is 0 Å². The average Bonchev–Trinajstić information content (AvgIpc) is 1.58. The third-order valence-electron chi connectivity index (χ3n) is 1.39. The minimum atomic E-state index is -4.32. The lowest BCUT2D eigenvalue weighted by atomic mass is 10.2. The van der Waals surface area contributed by atoms with Gasteiger partial charge in [-0.3, -0.25) is 10.3 Å². The molecule has 0 aliphatic carbocycles. The van der Waals surface area contributed by atoms with Crippen molar-refractivity contribution in [3.63, 3.8) is 0 Å². The Labute approximate surface area is 58.1 Å². The van der Waals surface area contributed by atoms with Crippen molar-refractivity contribution in [2.24, 2.45) is 5.73 Å². The van der Waals surface area contributed by atoms with Gasteiger partial charge in [0.15, 0.2) is 5.85 Å². The summed E-state index contributed by atoms with van der Waals surface area (Å²) in [6.07, 6.45) is 0.146. The minimum Gasteiger partial charge on any atom is -0.362 e. The fourth-order valence-corrected chi connectivity index (χ4v) is 1.56. The van der Waals surface area contributed by atoms with Crippen molar-refractivity contribution in [3.8, 4) is 0 Å². The number of nitrogens with two attached hydrogens (primary N) is 1. The summed E-state index contributed by atoms with van der Waals surface area (Å²) in [5.74, 6) is -1.88. The molecule has 1 heterocycles. The molecule has 1 rings (SSSR count). The molecule has 10 heavy (non-hydrogen) atoms. The van der Waals surface area contributed by atoms with Gasteiger partial charge < -0.3 is 5.11 Å². The molecule has 1 saturated heterocycles. The number of hydrogen-bond acceptors (Lipinski definition) is 4. The monoisotopic (exact) mass is 168 g/mol. The van der Waals surface area contributed by atoms with E-state index >= 15 is 0 Å². The quantitative estimate of drug-likeness (QED) is 0.313. The van der Waals surface area contributed by atoms with Crippen LogP contribution in [0.5, 0.6) is 0 Å². The number of nitrogens with zero attached hydrogens (tertiary/aromatic N) is 1. The van der Waals surface area contributed by atoms with E-state index in [1.165, 1.54) is 0 Å². The van der Waals surface area contributed by atoms with Crippen LogP contribution < -0.4 is 5.73 Å². The first kappa shape index (κ1) is 7.89. The highest BCUT2D eigenvalue weighted by Gasteiger charge is 2.46. The SMILES string of the molecule is N[C@]1(O)CCN1S(=O)(=O)O. The van der Waals surface area contributed by atoms with Gasteiger partial charge in [-0.15, -0.1) is 4.31 Å². The van der Waals surface area contributed by atoms with Gasteiger partial charge >= 0.3 is 10.3 Å². The molecule has 0 aromatic rings. The van der Waals surface area contributed by atoms with Crippen molar-refractivity contribution >= 4 is 10.3 Å². The third kappa shape index (κ3) is 1.13. The van der Waals surface area contributed by atoms with E-state index in [0.717, 1.165) is 0 Å². The zero-order chi connectivity index (χ0) is 7.99. The zero-order valence-corrected chi connectivity index (χ0v) is 5.87. The zero-order valence-electron chi connectivity index (χ0n) is 5.06. The highest BCUT2D eigenvalue weighted by Crippen LogP contribution is 2.24. The summed E-state index contributed by atoms with van der Waals surface area (Å²) in [7, 11) is -4.32. The highest BCUT2D eigenvalue weighted by atomic mass is 32.2. The van der Waals surface area contributed by atoms with Gasteiger partial charge in [-0.2, -0.15) is 8.42 Å². The first-order valence-corrected chi connectivity index (χ1v) is 4.00. The molecule has 1 atom stereocenters. The summed E-state index contributed by atoms with van der Waals surface area (Å²) in [4.78, 5) is 0. The van der Waals surface area contributed by atoms with Gasteiger partial charge in [0, 0.05) is 13.0 Å². The van der Waals surface area contributed by atoms with Gasteiger partial charge in [-0.05, 0) is 0 Å². The Morgan fingerprint density at radius 3 is 2.10 bits per heavy atom. The molecule has 4 N–H and O–H groups in total. The molecule has 7 heteroatoms. The molecule has 0 radical (unpaired) electrons. The minimum absolute atomic E-state index is 0.0613. The van der Waals surface area contributed by atoms with Crippen LogP contribution in [-0.2, 0) is 10.3 Å². The molecule has 1 aliphatic rings. The number of rotatable bonds is 1. The van der Waals surface area contributed by atoms with Crippen LogP contribution in [-0.4, -0.2) is 34.8 Å². The van der Waals surface area contributed by atoms with E-state index in [0.29, 0.717) is 4.31 Å². The van der Waals surface area contributed by atoms with Crippen LogP contribution in [0.4, 0.5) is 0 Å². The van der Waals surface area contributed by atoms with Crippen molar-refractivity contribution in [2.75, 3.05) is 6.54 Å². The van der Waals surface area contributed by atoms with E-state index in [2.05, 4.69) is 0 Å². The van der Waals surface area contributed by atoms with Crippen LogP contribution >= 0.6 is 0 Å². The lowest BCUT2D eigenvalue weighted by Gasteiger charge is -2.42. The summed E-state index contributed by atoms with van der Waals surface area (Å²) in [5, 5.41) is 8.87.